The minimum absolute atomic E-state index is 0.332. The average molecular weight is 208 g/mol. The first-order valence-corrected chi connectivity index (χ1v) is 3.73. The van der Waals surface area contributed by atoms with Crippen molar-refractivity contribution in [1.29, 1.82) is 0 Å². The van der Waals surface area contributed by atoms with Crippen molar-refractivity contribution in [2.75, 3.05) is 26.9 Å². The largest absolute Gasteiger partial charge is 0.457 e. The molecule has 0 heterocycles. The molecule has 0 fully saturated rings. The van der Waals surface area contributed by atoms with Gasteiger partial charge in [0.2, 0.25) is 6.29 Å². The number of carbonyl (C=O) groups excluding carboxylic acids is 2. The maximum absolute atomic E-state index is 10.6. The molecule has 0 aliphatic carbocycles. The van der Waals surface area contributed by atoms with Gasteiger partial charge in [-0.3, -0.25) is 0 Å². The van der Waals surface area contributed by atoms with E-state index in [1.807, 2.05) is 0 Å². The molecule has 7 nitrogen and oxygen atoms in total. The van der Waals surface area contributed by atoms with Crippen molar-refractivity contribution in [1.82, 2.24) is 0 Å². The second-order valence-corrected chi connectivity index (χ2v) is 2.15. The highest BCUT2D eigenvalue weighted by molar-refractivity contribution is 5.71. The van der Waals surface area contributed by atoms with Crippen LogP contribution >= 0.6 is 0 Å². The van der Waals surface area contributed by atoms with Gasteiger partial charge in [-0.1, -0.05) is 0 Å². The van der Waals surface area contributed by atoms with Crippen LogP contribution in [0, 0.1) is 0 Å². The quantitative estimate of drug-likeness (QED) is 0.385. The Hall–Kier alpha value is -1.18. The molecule has 2 N–H and O–H groups in total. The van der Waals surface area contributed by atoms with Gasteiger partial charge in [0, 0.05) is 7.11 Å². The third-order valence-corrected chi connectivity index (χ3v) is 1.16. The summed E-state index contributed by atoms with van der Waals surface area (Å²) in [5.74, 6) is -1.75. The van der Waals surface area contributed by atoms with E-state index in [1.165, 1.54) is 7.11 Å². The Balaban J connectivity index is 3.79. The third kappa shape index (κ3) is 5.46. The van der Waals surface area contributed by atoms with Crippen LogP contribution in [-0.2, 0) is 23.8 Å². The third-order valence-electron chi connectivity index (χ3n) is 1.16. The van der Waals surface area contributed by atoms with E-state index in [9.17, 15) is 9.59 Å². The highest BCUT2D eigenvalue weighted by Crippen LogP contribution is 1.95. The van der Waals surface area contributed by atoms with Gasteiger partial charge in [0.05, 0.1) is 0 Å². The summed E-state index contributed by atoms with van der Waals surface area (Å²) in [4.78, 5) is 21.0. The van der Waals surface area contributed by atoms with Crippen molar-refractivity contribution in [3.8, 4) is 0 Å². The SMILES string of the molecule is COC(COC(=O)CO)OC(=O)CO. The lowest BCUT2D eigenvalue weighted by Gasteiger charge is -2.14. The van der Waals surface area contributed by atoms with Gasteiger partial charge >= 0.3 is 11.9 Å². The Morgan fingerprint density at radius 1 is 1.21 bits per heavy atom. The Bertz CT molecular complexity index is 190. The Labute approximate surface area is 80.2 Å². The number of hydrogen-bond donors (Lipinski definition) is 2. The molecular weight excluding hydrogens is 196 g/mol. The molecule has 1 unspecified atom stereocenters. The maximum Gasteiger partial charge on any atom is 0.334 e. The molecule has 1 atom stereocenters. The molecule has 0 spiro atoms. The second-order valence-electron chi connectivity index (χ2n) is 2.15. The summed E-state index contributed by atoms with van der Waals surface area (Å²) >= 11 is 0. The molecular formula is C7H12O7. The van der Waals surface area contributed by atoms with Crippen molar-refractivity contribution < 1.29 is 34.0 Å². The Morgan fingerprint density at radius 3 is 2.21 bits per heavy atom. The van der Waals surface area contributed by atoms with E-state index >= 15 is 0 Å². The number of esters is 2. The predicted octanol–water partition coefficient (Wildman–Crippen LogP) is -1.97. The van der Waals surface area contributed by atoms with Gasteiger partial charge in [0.25, 0.3) is 0 Å². The zero-order chi connectivity index (χ0) is 11.0. The molecule has 0 aliphatic heterocycles. The van der Waals surface area contributed by atoms with Crippen LogP contribution in [0.5, 0.6) is 0 Å². The molecule has 82 valence electrons. The normalized spacial score (nSPS) is 11.9. The molecule has 0 aromatic carbocycles. The topological polar surface area (TPSA) is 102 Å². The summed E-state index contributed by atoms with van der Waals surface area (Å²) in [5.41, 5.74) is 0. The molecule has 0 saturated heterocycles. The smallest absolute Gasteiger partial charge is 0.334 e. The van der Waals surface area contributed by atoms with E-state index in [0.29, 0.717) is 0 Å². The summed E-state index contributed by atoms with van der Waals surface area (Å²) in [5, 5.41) is 16.6. The molecule has 0 saturated carbocycles. The van der Waals surface area contributed by atoms with Gasteiger partial charge in [-0.05, 0) is 0 Å². The minimum Gasteiger partial charge on any atom is -0.457 e. The van der Waals surface area contributed by atoms with Crippen molar-refractivity contribution in [2.24, 2.45) is 0 Å². The molecule has 0 aromatic heterocycles. The van der Waals surface area contributed by atoms with E-state index in [2.05, 4.69) is 14.2 Å². The predicted molar refractivity (Wildman–Crippen MR) is 42.0 cm³/mol. The monoisotopic (exact) mass is 208 g/mol. The summed E-state index contributed by atoms with van der Waals surface area (Å²) in [6.07, 6.45) is -1.08. The first kappa shape index (κ1) is 12.8. The summed E-state index contributed by atoms with van der Waals surface area (Å²) in [6.45, 7) is -1.88. The van der Waals surface area contributed by atoms with Crippen LogP contribution < -0.4 is 0 Å². The summed E-state index contributed by atoms with van der Waals surface area (Å²) in [6, 6.07) is 0. The van der Waals surface area contributed by atoms with Crippen LogP contribution in [0.25, 0.3) is 0 Å². The van der Waals surface area contributed by atoms with Gasteiger partial charge in [-0.25, -0.2) is 9.59 Å². The maximum atomic E-state index is 10.6. The number of aliphatic hydroxyl groups is 2. The van der Waals surface area contributed by atoms with Gasteiger partial charge in [0.15, 0.2) is 6.61 Å². The van der Waals surface area contributed by atoms with Crippen LogP contribution in [0.4, 0.5) is 0 Å². The van der Waals surface area contributed by atoms with Gasteiger partial charge < -0.3 is 24.4 Å². The molecule has 0 amide bonds. The van der Waals surface area contributed by atoms with Crippen LogP contribution in [0.1, 0.15) is 0 Å². The molecule has 0 radical (unpaired) electrons. The van der Waals surface area contributed by atoms with E-state index in [1.54, 1.807) is 0 Å². The first-order valence-electron chi connectivity index (χ1n) is 3.73. The standard InChI is InChI=1S/C7H12O7/c1-12-7(14-6(11)3-9)4-13-5(10)2-8/h7-9H,2-4H2,1H3. The molecule has 7 heteroatoms. The van der Waals surface area contributed by atoms with Gasteiger partial charge in [0.1, 0.15) is 13.2 Å². The van der Waals surface area contributed by atoms with Gasteiger partial charge in [-0.2, -0.15) is 0 Å². The fraction of sp³-hybridized carbons (Fsp3) is 0.714. The van der Waals surface area contributed by atoms with Crippen LogP contribution in [0.15, 0.2) is 0 Å². The van der Waals surface area contributed by atoms with Crippen molar-refractivity contribution >= 4 is 11.9 Å². The second kappa shape index (κ2) is 7.25. The van der Waals surface area contributed by atoms with Crippen molar-refractivity contribution in [3.05, 3.63) is 0 Å². The lowest BCUT2D eigenvalue weighted by Crippen LogP contribution is -2.28. The Morgan fingerprint density at radius 2 is 1.79 bits per heavy atom. The highest BCUT2D eigenvalue weighted by atomic mass is 16.7. The number of methoxy groups -OCH3 is 1. The number of carbonyl (C=O) groups is 2. The number of rotatable bonds is 6. The van der Waals surface area contributed by atoms with Gasteiger partial charge in [-0.15, -0.1) is 0 Å². The lowest BCUT2D eigenvalue weighted by molar-refractivity contribution is -0.191. The molecule has 14 heavy (non-hydrogen) atoms. The zero-order valence-electron chi connectivity index (χ0n) is 7.63. The summed E-state index contributed by atoms with van der Waals surface area (Å²) < 4.78 is 13.5. The fourth-order valence-corrected chi connectivity index (χ4v) is 0.541. The number of hydrogen-bond acceptors (Lipinski definition) is 7. The fourth-order valence-electron chi connectivity index (χ4n) is 0.541. The lowest BCUT2D eigenvalue weighted by atomic mass is 10.6. The van der Waals surface area contributed by atoms with E-state index < -0.39 is 31.4 Å². The first-order chi connectivity index (χ1) is 6.63. The van der Waals surface area contributed by atoms with E-state index in [-0.39, 0.29) is 6.61 Å². The molecule has 0 aliphatic rings. The molecule has 0 aromatic rings. The van der Waals surface area contributed by atoms with Crippen molar-refractivity contribution in [3.63, 3.8) is 0 Å². The van der Waals surface area contributed by atoms with Crippen LogP contribution in [0.2, 0.25) is 0 Å². The Kier molecular flexibility index (Phi) is 6.63. The number of ether oxygens (including phenoxy) is 3. The zero-order valence-corrected chi connectivity index (χ0v) is 7.63. The van der Waals surface area contributed by atoms with E-state index in [4.69, 9.17) is 10.2 Å². The minimum atomic E-state index is -1.08. The van der Waals surface area contributed by atoms with E-state index in [0.717, 1.165) is 0 Å². The highest BCUT2D eigenvalue weighted by Gasteiger charge is 2.14. The average Bonchev–Trinajstić information content (AvgIpc) is 2.22. The van der Waals surface area contributed by atoms with Crippen LogP contribution in [-0.4, -0.2) is 55.4 Å². The van der Waals surface area contributed by atoms with Crippen molar-refractivity contribution in [2.45, 2.75) is 6.29 Å². The molecule has 0 rings (SSSR count). The summed E-state index contributed by atoms with van der Waals surface area (Å²) in [7, 11) is 1.24. The van der Waals surface area contributed by atoms with Crippen LogP contribution in [0.3, 0.4) is 0 Å². The molecule has 0 bridgehead atoms. The number of aliphatic hydroxyl groups excluding tert-OH is 2.